The van der Waals surface area contributed by atoms with E-state index >= 15 is 0 Å². The lowest BCUT2D eigenvalue weighted by molar-refractivity contribution is -0.386. The molecule has 98 valence electrons. The molecule has 6 nitrogen and oxygen atoms in total. The molecule has 1 unspecified atom stereocenters. The molecule has 1 atom stereocenters. The summed E-state index contributed by atoms with van der Waals surface area (Å²) in [6.45, 7) is 5.89. The molecule has 2 heterocycles. The molecule has 0 spiro atoms. The monoisotopic (exact) mass is 250 g/mol. The smallest absolute Gasteiger partial charge is 0.278 e. The van der Waals surface area contributed by atoms with E-state index < -0.39 is 0 Å². The summed E-state index contributed by atoms with van der Waals surface area (Å²) < 4.78 is 0. The Balaban J connectivity index is 2.24. The number of nitrogens with zero attached hydrogens (tertiary/aromatic N) is 3. The van der Waals surface area contributed by atoms with Crippen LogP contribution in [0.1, 0.15) is 23.2 Å². The first-order valence-electron chi connectivity index (χ1n) is 6.06. The maximum Gasteiger partial charge on any atom is 0.278 e. The van der Waals surface area contributed by atoms with Gasteiger partial charge in [0.25, 0.3) is 5.69 Å². The van der Waals surface area contributed by atoms with Gasteiger partial charge in [0.1, 0.15) is 0 Å². The number of aromatic nitrogens is 1. The highest BCUT2D eigenvalue weighted by Gasteiger charge is 2.23. The Morgan fingerprint density at radius 2 is 2.33 bits per heavy atom. The second kappa shape index (κ2) is 4.99. The molecule has 0 aliphatic carbocycles. The predicted octanol–water partition coefficient (Wildman–Crippen LogP) is 1.14. The van der Waals surface area contributed by atoms with Crippen LogP contribution in [0, 0.1) is 24.0 Å². The Hall–Kier alpha value is -1.53. The number of nitro groups is 1. The van der Waals surface area contributed by atoms with Crippen LogP contribution >= 0.6 is 0 Å². The first-order chi connectivity index (χ1) is 8.49. The summed E-state index contributed by atoms with van der Waals surface area (Å²) in [7, 11) is 0. The first kappa shape index (κ1) is 12.9. The summed E-state index contributed by atoms with van der Waals surface area (Å²) in [5.74, 6) is 0. The van der Waals surface area contributed by atoms with Crippen LogP contribution in [0.3, 0.4) is 0 Å². The highest BCUT2D eigenvalue weighted by Crippen LogP contribution is 2.25. The van der Waals surface area contributed by atoms with E-state index in [0.29, 0.717) is 17.7 Å². The van der Waals surface area contributed by atoms with E-state index in [9.17, 15) is 10.1 Å². The molecule has 0 radical (unpaired) electrons. The molecule has 1 fully saturated rings. The molecule has 1 aliphatic heterocycles. The molecular formula is C12H18N4O2. The Labute approximate surface area is 106 Å². The molecule has 2 N–H and O–H groups in total. The normalized spacial score (nSPS) is 20.3. The third kappa shape index (κ3) is 2.49. The molecule has 0 aromatic carbocycles. The Morgan fingerprint density at radius 3 is 2.89 bits per heavy atom. The zero-order chi connectivity index (χ0) is 13.3. The number of hydrogen-bond acceptors (Lipinski definition) is 5. The summed E-state index contributed by atoms with van der Waals surface area (Å²) >= 11 is 0. The predicted molar refractivity (Wildman–Crippen MR) is 68.2 cm³/mol. The van der Waals surface area contributed by atoms with Gasteiger partial charge in [0, 0.05) is 43.0 Å². The maximum atomic E-state index is 11.0. The fraction of sp³-hybridized carbons (Fsp3) is 0.583. The minimum atomic E-state index is -0.328. The zero-order valence-electron chi connectivity index (χ0n) is 10.7. The summed E-state index contributed by atoms with van der Waals surface area (Å²) in [6, 6.07) is 0.214. The van der Waals surface area contributed by atoms with Crippen LogP contribution in [-0.4, -0.2) is 33.9 Å². The van der Waals surface area contributed by atoms with Gasteiger partial charge in [0.05, 0.1) is 10.6 Å². The van der Waals surface area contributed by atoms with Crippen LogP contribution in [0.5, 0.6) is 0 Å². The van der Waals surface area contributed by atoms with Crippen molar-refractivity contribution >= 4 is 5.69 Å². The van der Waals surface area contributed by atoms with Crippen molar-refractivity contribution in [2.45, 2.75) is 32.9 Å². The van der Waals surface area contributed by atoms with Gasteiger partial charge in [0.2, 0.25) is 0 Å². The van der Waals surface area contributed by atoms with Crippen molar-refractivity contribution in [2.24, 2.45) is 5.73 Å². The van der Waals surface area contributed by atoms with Gasteiger partial charge in [-0.05, 0) is 20.3 Å². The number of hydrogen-bond donors (Lipinski definition) is 1. The molecule has 0 saturated carbocycles. The van der Waals surface area contributed by atoms with Crippen LogP contribution in [0.2, 0.25) is 0 Å². The first-order valence-corrected chi connectivity index (χ1v) is 6.06. The van der Waals surface area contributed by atoms with E-state index in [0.717, 1.165) is 25.2 Å². The van der Waals surface area contributed by atoms with Gasteiger partial charge in [0.15, 0.2) is 0 Å². The Morgan fingerprint density at radius 1 is 1.61 bits per heavy atom. The van der Waals surface area contributed by atoms with Gasteiger partial charge in [-0.1, -0.05) is 0 Å². The van der Waals surface area contributed by atoms with Gasteiger partial charge in [-0.15, -0.1) is 0 Å². The van der Waals surface area contributed by atoms with Crippen molar-refractivity contribution in [3.8, 4) is 0 Å². The van der Waals surface area contributed by atoms with Crippen LogP contribution in [0.15, 0.2) is 6.20 Å². The highest BCUT2D eigenvalue weighted by molar-refractivity contribution is 5.47. The van der Waals surface area contributed by atoms with E-state index in [4.69, 9.17) is 5.73 Å². The molecule has 1 aromatic heterocycles. The molecule has 2 rings (SSSR count). The second-order valence-corrected chi connectivity index (χ2v) is 4.90. The Bertz CT molecular complexity index is 475. The minimum Gasteiger partial charge on any atom is -0.326 e. The van der Waals surface area contributed by atoms with Crippen molar-refractivity contribution in [1.29, 1.82) is 0 Å². The second-order valence-electron chi connectivity index (χ2n) is 4.90. The van der Waals surface area contributed by atoms with Crippen LogP contribution in [0.25, 0.3) is 0 Å². The number of likely N-dealkylation sites (tertiary alicyclic amines) is 1. The lowest BCUT2D eigenvalue weighted by Gasteiger charge is -2.16. The van der Waals surface area contributed by atoms with Gasteiger partial charge < -0.3 is 5.73 Å². The third-order valence-electron chi connectivity index (χ3n) is 3.44. The molecule has 0 amide bonds. The topological polar surface area (TPSA) is 85.3 Å². The fourth-order valence-electron chi connectivity index (χ4n) is 2.42. The van der Waals surface area contributed by atoms with E-state index in [2.05, 4.69) is 9.88 Å². The molecule has 6 heteroatoms. The quantitative estimate of drug-likeness (QED) is 0.642. The molecule has 1 aromatic rings. The maximum absolute atomic E-state index is 11.0. The fourth-order valence-corrected chi connectivity index (χ4v) is 2.42. The average molecular weight is 250 g/mol. The Kier molecular flexibility index (Phi) is 3.58. The van der Waals surface area contributed by atoms with Crippen LogP contribution in [0.4, 0.5) is 5.69 Å². The van der Waals surface area contributed by atoms with Crippen molar-refractivity contribution in [3.05, 3.63) is 33.1 Å². The van der Waals surface area contributed by atoms with Crippen molar-refractivity contribution in [2.75, 3.05) is 13.1 Å². The van der Waals surface area contributed by atoms with E-state index in [-0.39, 0.29) is 16.7 Å². The number of aryl methyl sites for hydroxylation is 1. The van der Waals surface area contributed by atoms with E-state index in [1.54, 1.807) is 20.0 Å². The van der Waals surface area contributed by atoms with Gasteiger partial charge >= 0.3 is 0 Å². The molecule has 0 bridgehead atoms. The van der Waals surface area contributed by atoms with Crippen LogP contribution < -0.4 is 5.73 Å². The highest BCUT2D eigenvalue weighted by atomic mass is 16.6. The lowest BCUT2D eigenvalue weighted by atomic mass is 10.1. The summed E-state index contributed by atoms with van der Waals surface area (Å²) in [5, 5.41) is 11.0. The lowest BCUT2D eigenvalue weighted by Crippen LogP contribution is -2.26. The molecular weight excluding hydrogens is 232 g/mol. The molecule has 1 aliphatic rings. The van der Waals surface area contributed by atoms with Crippen LogP contribution in [-0.2, 0) is 6.54 Å². The third-order valence-corrected chi connectivity index (χ3v) is 3.44. The van der Waals surface area contributed by atoms with Gasteiger partial charge in [-0.25, -0.2) is 0 Å². The van der Waals surface area contributed by atoms with E-state index in [1.807, 2.05) is 0 Å². The van der Waals surface area contributed by atoms with E-state index in [1.165, 1.54) is 0 Å². The minimum absolute atomic E-state index is 0.184. The largest absolute Gasteiger partial charge is 0.326 e. The zero-order valence-corrected chi connectivity index (χ0v) is 10.7. The molecule has 1 saturated heterocycles. The average Bonchev–Trinajstić information content (AvgIpc) is 2.68. The summed E-state index contributed by atoms with van der Waals surface area (Å²) in [4.78, 5) is 17.2. The van der Waals surface area contributed by atoms with Gasteiger partial charge in [-0.3, -0.25) is 20.0 Å². The van der Waals surface area contributed by atoms with Crippen molar-refractivity contribution in [3.63, 3.8) is 0 Å². The number of nitrogens with two attached hydrogens (primary N) is 1. The SMILES string of the molecule is Cc1cnc(CN2CCC(N)C2)c(C)c1[N+](=O)[O-]. The molecule has 18 heavy (non-hydrogen) atoms. The van der Waals surface area contributed by atoms with Crippen molar-refractivity contribution in [1.82, 2.24) is 9.88 Å². The van der Waals surface area contributed by atoms with Gasteiger partial charge in [-0.2, -0.15) is 0 Å². The number of pyridine rings is 1. The summed E-state index contributed by atoms with van der Waals surface area (Å²) in [5.41, 5.74) is 8.09. The van der Waals surface area contributed by atoms with Crippen molar-refractivity contribution < 1.29 is 4.92 Å². The standard InChI is InChI=1S/C12H18N4O2/c1-8-5-14-11(9(2)12(8)16(17)18)7-15-4-3-10(13)6-15/h5,10H,3-4,6-7,13H2,1-2H3. The number of rotatable bonds is 3. The summed E-state index contributed by atoms with van der Waals surface area (Å²) in [6.07, 6.45) is 2.56.